The summed E-state index contributed by atoms with van der Waals surface area (Å²) < 4.78 is 0. The Hall–Kier alpha value is -1.28. The van der Waals surface area contributed by atoms with Gasteiger partial charge in [0.25, 0.3) is 0 Å². The Morgan fingerprint density at radius 1 is 1.36 bits per heavy atom. The van der Waals surface area contributed by atoms with Crippen LogP contribution in [-0.4, -0.2) is 12.0 Å². The van der Waals surface area contributed by atoms with Crippen LogP contribution in [-0.2, 0) is 4.79 Å². The van der Waals surface area contributed by atoms with E-state index in [0.717, 1.165) is 22.5 Å². The van der Waals surface area contributed by atoms with E-state index in [-0.39, 0.29) is 0 Å². The minimum atomic E-state index is 0.733. The number of hydrogen-bond donors (Lipinski definition) is 0. The van der Waals surface area contributed by atoms with E-state index in [9.17, 15) is 4.79 Å². The van der Waals surface area contributed by atoms with Crippen molar-refractivity contribution in [2.24, 2.45) is 0 Å². The molecule has 0 aliphatic rings. The lowest BCUT2D eigenvalue weighted by molar-refractivity contribution is -0.104. The summed E-state index contributed by atoms with van der Waals surface area (Å²) in [5, 5.41) is 0. The van der Waals surface area contributed by atoms with Gasteiger partial charge in [-0.25, -0.2) is 0 Å². The lowest BCUT2D eigenvalue weighted by Gasteiger charge is -1.96. The van der Waals surface area contributed by atoms with Crippen molar-refractivity contribution in [1.29, 1.82) is 0 Å². The van der Waals surface area contributed by atoms with Crippen molar-refractivity contribution in [3.8, 4) is 0 Å². The highest BCUT2D eigenvalue weighted by Gasteiger charge is 1.94. The molecule has 1 aromatic carbocycles. The Labute approximate surface area is 88.5 Å². The molecule has 0 aliphatic heterocycles. The van der Waals surface area contributed by atoms with E-state index in [0.29, 0.717) is 0 Å². The van der Waals surface area contributed by atoms with Gasteiger partial charge in [0.05, 0.1) is 0 Å². The number of carbonyl (C=O) groups excluding carboxylic acids is 1. The molecule has 0 N–H and O–H groups in total. The molecule has 0 atom stereocenters. The number of rotatable bonds is 5. The highest BCUT2D eigenvalue weighted by molar-refractivity contribution is 8.04. The Balaban J connectivity index is 2.73. The van der Waals surface area contributed by atoms with Crippen LogP contribution in [0.25, 0.3) is 6.08 Å². The van der Waals surface area contributed by atoms with Crippen molar-refractivity contribution in [2.75, 3.05) is 5.75 Å². The molecule has 0 spiro atoms. The molecular formula is C12H12OS. The monoisotopic (exact) mass is 204 g/mol. The maximum atomic E-state index is 10.7. The second-order valence-electron chi connectivity index (χ2n) is 2.67. The van der Waals surface area contributed by atoms with Gasteiger partial charge < -0.3 is 0 Å². The fraction of sp³-hybridized carbons (Fsp3) is 0.0833. The molecule has 0 radical (unpaired) electrons. The second kappa shape index (κ2) is 6.22. The van der Waals surface area contributed by atoms with Crippen molar-refractivity contribution in [3.05, 3.63) is 53.5 Å². The highest BCUT2D eigenvalue weighted by Crippen LogP contribution is 2.16. The first-order chi connectivity index (χ1) is 6.86. The molecule has 0 unspecified atom stereocenters. The number of thioether (sulfide) groups is 1. The topological polar surface area (TPSA) is 17.1 Å². The zero-order valence-electron chi connectivity index (χ0n) is 7.85. The van der Waals surface area contributed by atoms with Crippen LogP contribution < -0.4 is 0 Å². The molecule has 0 aliphatic carbocycles. The van der Waals surface area contributed by atoms with E-state index in [1.807, 2.05) is 36.4 Å². The van der Waals surface area contributed by atoms with E-state index in [1.165, 1.54) is 11.8 Å². The molecule has 0 fully saturated rings. The average Bonchev–Trinajstić information content (AvgIpc) is 2.25. The van der Waals surface area contributed by atoms with Crippen LogP contribution in [0, 0.1) is 0 Å². The first-order valence-corrected chi connectivity index (χ1v) is 5.31. The van der Waals surface area contributed by atoms with Crippen molar-refractivity contribution in [2.45, 2.75) is 0 Å². The normalized spacial score (nSPS) is 11.0. The first-order valence-electron chi connectivity index (χ1n) is 4.32. The van der Waals surface area contributed by atoms with Crippen LogP contribution in [0.4, 0.5) is 0 Å². The second-order valence-corrected chi connectivity index (χ2v) is 3.77. The van der Waals surface area contributed by atoms with Gasteiger partial charge in [0, 0.05) is 10.7 Å². The molecular weight excluding hydrogens is 192 g/mol. The fourth-order valence-electron chi connectivity index (χ4n) is 0.978. The van der Waals surface area contributed by atoms with Gasteiger partial charge in [0.2, 0.25) is 0 Å². The summed E-state index contributed by atoms with van der Waals surface area (Å²) in [4.78, 5) is 11.4. The van der Waals surface area contributed by atoms with E-state index >= 15 is 0 Å². The van der Waals surface area contributed by atoms with Gasteiger partial charge in [0.1, 0.15) is 0 Å². The van der Waals surface area contributed by atoms with E-state index in [2.05, 4.69) is 6.58 Å². The van der Waals surface area contributed by atoms with Gasteiger partial charge in [-0.1, -0.05) is 36.4 Å². The first kappa shape index (κ1) is 10.8. The molecule has 0 saturated carbocycles. The predicted molar refractivity (Wildman–Crippen MR) is 63.1 cm³/mol. The van der Waals surface area contributed by atoms with Crippen molar-refractivity contribution < 1.29 is 4.79 Å². The Bertz CT molecular complexity index is 327. The SMILES string of the molecule is C=CCS/C(C=O)=C\c1ccccc1. The van der Waals surface area contributed by atoms with Crippen LogP contribution in [0.2, 0.25) is 0 Å². The van der Waals surface area contributed by atoms with E-state index in [4.69, 9.17) is 0 Å². The fourth-order valence-corrected chi connectivity index (χ4v) is 1.58. The minimum absolute atomic E-state index is 0.733. The summed E-state index contributed by atoms with van der Waals surface area (Å²) >= 11 is 1.49. The summed E-state index contributed by atoms with van der Waals surface area (Å²) in [5.74, 6) is 0.761. The van der Waals surface area contributed by atoms with Crippen LogP contribution in [0.15, 0.2) is 47.9 Å². The van der Waals surface area contributed by atoms with Crippen molar-refractivity contribution in [3.63, 3.8) is 0 Å². The van der Waals surface area contributed by atoms with Gasteiger partial charge in [0.15, 0.2) is 6.29 Å². The maximum Gasteiger partial charge on any atom is 0.156 e. The predicted octanol–water partition coefficient (Wildman–Crippen LogP) is 3.15. The molecule has 2 heteroatoms. The van der Waals surface area contributed by atoms with Crippen LogP contribution in [0.5, 0.6) is 0 Å². The molecule has 0 amide bonds. The van der Waals surface area contributed by atoms with E-state index in [1.54, 1.807) is 6.08 Å². The molecule has 1 nitrogen and oxygen atoms in total. The summed E-state index contributed by atoms with van der Waals surface area (Å²) in [5.41, 5.74) is 1.05. The van der Waals surface area contributed by atoms with Crippen molar-refractivity contribution in [1.82, 2.24) is 0 Å². The summed E-state index contributed by atoms with van der Waals surface area (Å²) in [6.07, 6.45) is 4.54. The minimum Gasteiger partial charge on any atom is -0.297 e. The highest BCUT2D eigenvalue weighted by atomic mass is 32.2. The number of allylic oxidation sites excluding steroid dienone is 1. The smallest absolute Gasteiger partial charge is 0.156 e. The molecule has 1 rings (SSSR count). The zero-order chi connectivity index (χ0) is 10.2. The van der Waals surface area contributed by atoms with Gasteiger partial charge in [-0.3, -0.25) is 4.79 Å². The third kappa shape index (κ3) is 3.62. The Kier molecular flexibility index (Phi) is 4.79. The molecule has 0 bridgehead atoms. The largest absolute Gasteiger partial charge is 0.297 e. The number of benzene rings is 1. The van der Waals surface area contributed by atoms with Gasteiger partial charge in [-0.2, -0.15) is 0 Å². The molecule has 0 aromatic heterocycles. The van der Waals surface area contributed by atoms with Crippen LogP contribution in [0.1, 0.15) is 5.56 Å². The van der Waals surface area contributed by atoms with Crippen LogP contribution >= 0.6 is 11.8 Å². The summed E-state index contributed by atoms with van der Waals surface area (Å²) in [6.45, 7) is 3.61. The van der Waals surface area contributed by atoms with Crippen molar-refractivity contribution >= 4 is 24.1 Å². The Morgan fingerprint density at radius 2 is 2.07 bits per heavy atom. The maximum absolute atomic E-state index is 10.7. The van der Waals surface area contributed by atoms with Gasteiger partial charge >= 0.3 is 0 Å². The van der Waals surface area contributed by atoms with Gasteiger partial charge in [-0.15, -0.1) is 18.3 Å². The third-order valence-electron chi connectivity index (χ3n) is 1.59. The number of hydrogen-bond acceptors (Lipinski definition) is 2. The summed E-state index contributed by atoms with van der Waals surface area (Å²) in [7, 11) is 0. The number of aldehydes is 1. The molecule has 0 saturated heterocycles. The number of carbonyl (C=O) groups is 1. The summed E-state index contributed by atoms with van der Waals surface area (Å²) in [6, 6.07) is 9.80. The quantitative estimate of drug-likeness (QED) is 0.416. The molecule has 1 aromatic rings. The molecule has 0 heterocycles. The van der Waals surface area contributed by atoms with Gasteiger partial charge in [-0.05, 0) is 11.6 Å². The molecule has 14 heavy (non-hydrogen) atoms. The standard InChI is InChI=1S/C12H12OS/c1-2-8-14-12(10-13)9-11-6-4-3-5-7-11/h2-7,9-10H,1,8H2/b12-9-. The third-order valence-corrected chi connectivity index (χ3v) is 2.54. The van der Waals surface area contributed by atoms with Crippen LogP contribution in [0.3, 0.4) is 0 Å². The molecule has 72 valence electrons. The van der Waals surface area contributed by atoms with E-state index < -0.39 is 0 Å². The Morgan fingerprint density at radius 3 is 2.64 bits per heavy atom. The lowest BCUT2D eigenvalue weighted by atomic mass is 10.2. The average molecular weight is 204 g/mol. The lowest BCUT2D eigenvalue weighted by Crippen LogP contribution is -1.80. The zero-order valence-corrected chi connectivity index (χ0v) is 8.67.